The summed E-state index contributed by atoms with van der Waals surface area (Å²) in [6.45, 7) is 0.727. The van der Waals surface area contributed by atoms with Crippen LogP contribution in [0.15, 0.2) is 84.9 Å². The Bertz CT molecular complexity index is 960. The Labute approximate surface area is 200 Å². The Balaban J connectivity index is 1.43. The Hall–Kier alpha value is -2.65. The Morgan fingerprint density at radius 3 is 2.03 bits per heavy atom. The molecule has 0 spiro atoms. The fourth-order valence-corrected chi connectivity index (χ4v) is 3.89. The van der Waals surface area contributed by atoms with E-state index < -0.39 is 0 Å². The minimum absolute atomic E-state index is 0.00725. The molecule has 0 N–H and O–H groups in total. The van der Waals surface area contributed by atoms with Gasteiger partial charge in [0.2, 0.25) is 0 Å². The summed E-state index contributed by atoms with van der Waals surface area (Å²) in [5, 5.41) is 1.10. The van der Waals surface area contributed by atoms with Crippen LogP contribution in [0.2, 0.25) is 0 Å². The summed E-state index contributed by atoms with van der Waals surface area (Å²) in [4.78, 5) is 12.5. The van der Waals surface area contributed by atoms with Crippen LogP contribution in [0, 0.1) is 0 Å². The predicted octanol–water partition coefficient (Wildman–Crippen LogP) is 8.36. The van der Waals surface area contributed by atoms with Gasteiger partial charge in [-0.1, -0.05) is 102 Å². The van der Waals surface area contributed by atoms with Gasteiger partial charge in [-0.25, -0.2) is 0 Å². The van der Waals surface area contributed by atoms with Gasteiger partial charge in [0, 0.05) is 10.9 Å². The number of carbonyl (C=O) groups excluding carboxylic acids is 1. The monoisotopic (exact) mass is 490 g/mol. The fourth-order valence-electron chi connectivity index (χ4n) is 3.49. The maximum Gasteiger partial charge on any atom is 0.185 e. The van der Waals surface area contributed by atoms with Crippen molar-refractivity contribution in [1.82, 2.24) is 0 Å². The summed E-state index contributed by atoms with van der Waals surface area (Å²) >= 11 is 3.47. The lowest BCUT2D eigenvalue weighted by atomic mass is 10.0. The normalized spacial score (nSPS) is 11.0. The van der Waals surface area contributed by atoms with E-state index in [0.717, 1.165) is 29.7 Å². The van der Waals surface area contributed by atoms with Gasteiger partial charge in [-0.3, -0.25) is 4.79 Å². The molecule has 0 aliphatic carbocycles. The molecule has 32 heavy (non-hydrogen) atoms. The van der Waals surface area contributed by atoms with Crippen molar-refractivity contribution in [2.24, 2.45) is 0 Å². The zero-order valence-electron chi connectivity index (χ0n) is 18.5. The Morgan fingerprint density at radius 1 is 0.719 bits per heavy atom. The molecular formula is C29H31BrO2. The molecule has 0 saturated carbocycles. The van der Waals surface area contributed by atoms with Crippen molar-refractivity contribution >= 4 is 27.8 Å². The van der Waals surface area contributed by atoms with Crippen LogP contribution in [0.1, 0.15) is 54.4 Å². The van der Waals surface area contributed by atoms with E-state index >= 15 is 0 Å². The topological polar surface area (TPSA) is 26.3 Å². The predicted molar refractivity (Wildman–Crippen MR) is 139 cm³/mol. The van der Waals surface area contributed by atoms with Crippen LogP contribution in [0.25, 0.3) is 17.2 Å². The number of ether oxygens (including phenoxy) is 1. The summed E-state index contributed by atoms with van der Waals surface area (Å²) in [5.74, 6) is 0.813. The average Bonchev–Trinajstić information content (AvgIpc) is 2.85. The second kappa shape index (κ2) is 13.7. The molecule has 3 aromatic rings. The van der Waals surface area contributed by atoms with Crippen LogP contribution in [-0.4, -0.2) is 17.7 Å². The standard InChI is InChI=1S/C29H31BrO2/c30-22-8-3-1-2-4-9-23-32-28-19-17-27(18-20-28)29(31)21-14-24-12-15-26(16-13-24)25-10-6-5-7-11-25/h5-7,10-21H,1-4,8-9,22-23H2. The zero-order chi connectivity index (χ0) is 22.4. The molecule has 0 unspecified atom stereocenters. The molecule has 0 aromatic heterocycles. The summed E-state index contributed by atoms with van der Waals surface area (Å²) < 4.78 is 5.81. The van der Waals surface area contributed by atoms with Gasteiger partial charge >= 0.3 is 0 Å². The fraction of sp³-hybridized carbons (Fsp3) is 0.276. The molecular weight excluding hydrogens is 460 g/mol. The first-order chi connectivity index (χ1) is 15.8. The van der Waals surface area contributed by atoms with E-state index in [-0.39, 0.29) is 5.78 Å². The van der Waals surface area contributed by atoms with E-state index in [0.29, 0.717) is 5.56 Å². The van der Waals surface area contributed by atoms with Crippen molar-refractivity contribution in [3.63, 3.8) is 0 Å². The number of rotatable bonds is 13. The van der Waals surface area contributed by atoms with Crippen LogP contribution < -0.4 is 4.74 Å². The second-order valence-corrected chi connectivity index (χ2v) is 8.66. The van der Waals surface area contributed by atoms with Gasteiger partial charge < -0.3 is 4.74 Å². The SMILES string of the molecule is O=C(C=Cc1ccc(-c2ccccc2)cc1)c1ccc(OCCCCCCCCBr)cc1. The van der Waals surface area contributed by atoms with Gasteiger partial charge in [0.15, 0.2) is 5.78 Å². The molecule has 2 nitrogen and oxygen atoms in total. The highest BCUT2D eigenvalue weighted by Gasteiger charge is 2.03. The lowest BCUT2D eigenvalue weighted by Gasteiger charge is -2.06. The van der Waals surface area contributed by atoms with E-state index in [4.69, 9.17) is 4.74 Å². The van der Waals surface area contributed by atoms with Gasteiger partial charge in [-0.2, -0.15) is 0 Å². The first kappa shape index (κ1) is 24.0. The van der Waals surface area contributed by atoms with Crippen LogP contribution in [0.3, 0.4) is 0 Å². The number of hydrogen-bond donors (Lipinski definition) is 0. The van der Waals surface area contributed by atoms with Gasteiger partial charge in [0.25, 0.3) is 0 Å². The van der Waals surface area contributed by atoms with E-state index in [1.54, 1.807) is 6.08 Å². The van der Waals surface area contributed by atoms with Crippen LogP contribution in [0.4, 0.5) is 0 Å². The minimum atomic E-state index is -0.00725. The van der Waals surface area contributed by atoms with E-state index in [2.05, 4.69) is 40.2 Å². The van der Waals surface area contributed by atoms with E-state index in [9.17, 15) is 4.79 Å². The number of benzene rings is 3. The molecule has 0 heterocycles. The second-order valence-electron chi connectivity index (χ2n) is 7.87. The average molecular weight is 491 g/mol. The quantitative estimate of drug-likeness (QED) is 0.104. The summed E-state index contributed by atoms with van der Waals surface area (Å²) in [6, 6.07) is 25.9. The zero-order valence-corrected chi connectivity index (χ0v) is 20.1. The van der Waals surface area contributed by atoms with Crippen molar-refractivity contribution in [3.05, 3.63) is 96.1 Å². The van der Waals surface area contributed by atoms with Gasteiger partial charge in [-0.05, 0) is 59.9 Å². The van der Waals surface area contributed by atoms with Gasteiger partial charge in [0.1, 0.15) is 5.75 Å². The third kappa shape index (κ3) is 8.12. The molecule has 0 atom stereocenters. The highest BCUT2D eigenvalue weighted by atomic mass is 79.9. The third-order valence-corrected chi connectivity index (χ3v) is 5.94. The van der Waals surface area contributed by atoms with Crippen molar-refractivity contribution in [2.75, 3.05) is 11.9 Å². The highest BCUT2D eigenvalue weighted by Crippen LogP contribution is 2.20. The van der Waals surface area contributed by atoms with Crippen LogP contribution in [0.5, 0.6) is 5.75 Å². The lowest BCUT2D eigenvalue weighted by Crippen LogP contribution is -1.99. The molecule has 0 fully saturated rings. The highest BCUT2D eigenvalue weighted by molar-refractivity contribution is 9.09. The third-order valence-electron chi connectivity index (χ3n) is 5.38. The smallest absolute Gasteiger partial charge is 0.185 e. The van der Waals surface area contributed by atoms with Crippen molar-refractivity contribution in [2.45, 2.75) is 38.5 Å². The summed E-state index contributed by atoms with van der Waals surface area (Å²) in [7, 11) is 0. The summed E-state index contributed by atoms with van der Waals surface area (Å²) in [6.07, 6.45) is 10.9. The van der Waals surface area contributed by atoms with Gasteiger partial charge in [-0.15, -0.1) is 0 Å². The molecule has 0 radical (unpaired) electrons. The first-order valence-corrected chi connectivity index (χ1v) is 12.5. The number of hydrogen-bond acceptors (Lipinski definition) is 2. The molecule has 166 valence electrons. The van der Waals surface area contributed by atoms with Crippen molar-refractivity contribution in [1.29, 1.82) is 0 Å². The van der Waals surface area contributed by atoms with Crippen molar-refractivity contribution in [3.8, 4) is 16.9 Å². The number of halogens is 1. The molecule has 0 aliphatic rings. The van der Waals surface area contributed by atoms with E-state index in [1.807, 2.05) is 60.7 Å². The number of carbonyl (C=O) groups is 1. The van der Waals surface area contributed by atoms with E-state index in [1.165, 1.54) is 43.2 Å². The number of allylic oxidation sites excluding steroid dienone is 1. The van der Waals surface area contributed by atoms with Crippen LogP contribution in [-0.2, 0) is 0 Å². The summed E-state index contributed by atoms with van der Waals surface area (Å²) in [5.41, 5.74) is 4.03. The first-order valence-electron chi connectivity index (χ1n) is 11.4. The largest absolute Gasteiger partial charge is 0.494 e. The van der Waals surface area contributed by atoms with Gasteiger partial charge in [0.05, 0.1) is 6.61 Å². The molecule has 0 bridgehead atoms. The number of alkyl halides is 1. The Kier molecular flexibility index (Phi) is 10.3. The lowest BCUT2D eigenvalue weighted by molar-refractivity contribution is 0.104. The molecule has 0 amide bonds. The molecule has 0 aliphatic heterocycles. The number of unbranched alkanes of at least 4 members (excludes halogenated alkanes) is 5. The number of ketones is 1. The van der Waals surface area contributed by atoms with Crippen molar-refractivity contribution < 1.29 is 9.53 Å². The van der Waals surface area contributed by atoms with Crippen LogP contribution >= 0.6 is 15.9 Å². The molecule has 3 aromatic carbocycles. The molecule has 0 saturated heterocycles. The Morgan fingerprint density at radius 2 is 1.34 bits per heavy atom. The molecule has 3 heteroatoms. The maximum atomic E-state index is 12.5. The maximum absolute atomic E-state index is 12.5. The minimum Gasteiger partial charge on any atom is -0.494 e. The molecule has 3 rings (SSSR count).